The SMILES string of the molecule is CCOC(=O)C1=CN(Cc2ccc(Cl)cc2)C=C(C(=O)OCC)C1c1ccc(OC)c(OCc2ccccc2)c1. The molecule has 0 aromatic heterocycles. The second-order valence-corrected chi connectivity index (χ2v) is 9.46. The Balaban J connectivity index is 1.75. The molecule has 1 aliphatic rings. The first kappa shape index (κ1) is 28.8. The molecule has 0 atom stereocenters. The first-order valence-corrected chi connectivity index (χ1v) is 13.4. The van der Waals surface area contributed by atoms with E-state index in [0.29, 0.717) is 46.4 Å². The lowest BCUT2D eigenvalue weighted by atomic mass is 9.83. The maximum Gasteiger partial charge on any atom is 0.336 e. The van der Waals surface area contributed by atoms with E-state index >= 15 is 0 Å². The number of carbonyl (C=O) groups is 2. The molecule has 1 aliphatic heterocycles. The molecule has 0 saturated heterocycles. The molecule has 7 nitrogen and oxygen atoms in total. The molecule has 0 amide bonds. The lowest BCUT2D eigenvalue weighted by Crippen LogP contribution is -2.29. The van der Waals surface area contributed by atoms with Gasteiger partial charge in [0.15, 0.2) is 11.5 Å². The van der Waals surface area contributed by atoms with Gasteiger partial charge in [0.2, 0.25) is 0 Å². The summed E-state index contributed by atoms with van der Waals surface area (Å²) in [6, 6.07) is 22.5. The fourth-order valence-corrected chi connectivity index (χ4v) is 4.58. The number of nitrogens with zero attached hydrogens (tertiary/aromatic N) is 1. The second kappa shape index (κ2) is 13.7. The number of ether oxygens (including phenoxy) is 4. The van der Waals surface area contributed by atoms with Gasteiger partial charge in [-0.15, -0.1) is 0 Å². The van der Waals surface area contributed by atoms with E-state index in [-0.39, 0.29) is 13.2 Å². The zero-order chi connectivity index (χ0) is 28.5. The van der Waals surface area contributed by atoms with Crippen LogP contribution >= 0.6 is 11.6 Å². The molecule has 0 unspecified atom stereocenters. The number of benzene rings is 3. The third-order valence-corrected chi connectivity index (χ3v) is 6.54. The topological polar surface area (TPSA) is 74.3 Å². The third-order valence-electron chi connectivity index (χ3n) is 6.29. The molecule has 0 bridgehead atoms. The molecular formula is C32H32ClNO6. The van der Waals surface area contributed by atoms with Gasteiger partial charge < -0.3 is 23.8 Å². The highest BCUT2D eigenvalue weighted by atomic mass is 35.5. The smallest absolute Gasteiger partial charge is 0.336 e. The summed E-state index contributed by atoms with van der Waals surface area (Å²) in [6.07, 6.45) is 3.43. The van der Waals surface area contributed by atoms with Crippen LogP contribution in [0, 0.1) is 0 Å². The normalized spacial score (nSPS) is 13.2. The van der Waals surface area contributed by atoms with Crippen LogP contribution in [0.1, 0.15) is 36.5 Å². The van der Waals surface area contributed by atoms with Gasteiger partial charge in [-0.3, -0.25) is 0 Å². The predicted octanol–water partition coefficient (Wildman–Crippen LogP) is 6.42. The third kappa shape index (κ3) is 7.04. The van der Waals surface area contributed by atoms with Crippen molar-refractivity contribution in [3.8, 4) is 11.5 Å². The second-order valence-electron chi connectivity index (χ2n) is 9.03. The number of hydrogen-bond acceptors (Lipinski definition) is 7. The first-order valence-electron chi connectivity index (χ1n) is 13.1. The summed E-state index contributed by atoms with van der Waals surface area (Å²) in [6.45, 7) is 4.59. The summed E-state index contributed by atoms with van der Waals surface area (Å²) >= 11 is 6.05. The van der Waals surface area contributed by atoms with Gasteiger partial charge in [0.1, 0.15) is 6.61 Å². The van der Waals surface area contributed by atoms with Gasteiger partial charge in [-0.1, -0.05) is 60.1 Å². The van der Waals surface area contributed by atoms with Crippen LogP contribution in [0.15, 0.2) is 96.3 Å². The summed E-state index contributed by atoms with van der Waals surface area (Å²) in [5, 5.41) is 0.623. The standard InChI is InChI=1S/C32H32ClNO6/c1-4-38-31(35)26-19-34(18-22-11-14-25(33)15-12-22)20-27(32(36)39-5-2)30(26)24-13-16-28(37-3)29(17-24)40-21-23-9-7-6-8-10-23/h6-17,19-20,30H,4-5,18,21H2,1-3H3. The average molecular weight is 562 g/mol. The van der Waals surface area contributed by atoms with Crippen LogP contribution < -0.4 is 9.47 Å². The van der Waals surface area contributed by atoms with Crippen LogP contribution in [0.4, 0.5) is 0 Å². The van der Waals surface area contributed by atoms with Gasteiger partial charge in [0, 0.05) is 24.0 Å². The molecule has 0 fully saturated rings. The van der Waals surface area contributed by atoms with Crippen molar-refractivity contribution >= 4 is 23.5 Å². The highest BCUT2D eigenvalue weighted by Crippen LogP contribution is 2.41. The van der Waals surface area contributed by atoms with E-state index in [0.717, 1.165) is 11.1 Å². The van der Waals surface area contributed by atoms with Crippen molar-refractivity contribution in [1.82, 2.24) is 4.90 Å². The van der Waals surface area contributed by atoms with Crippen molar-refractivity contribution < 1.29 is 28.5 Å². The average Bonchev–Trinajstić information content (AvgIpc) is 2.97. The highest BCUT2D eigenvalue weighted by Gasteiger charge is 2.36. The van der Waals surface area contributed by atoms with Crippen LogP contribution in [0.2, 0.25) is 5.02 Å². The maximum atomic E-state index is 13.3. The number of rotatable bonds is 11. The Bertz CT molecular complexity index is 1350. The van der Waals surface area contributed by atoms with Gasteiger partial charge in [-0.25, -0.2) is 9.59 Å². The minimum absolute atomic E-state index is 0.187. The van der Waals surface area contributed by atoms with Crippen molar-refractivity contribution in [2.45, 2.75) is 32.9 Å². The molecule has 40 heavy (non-hydrogen) atoms. The number of esters is 2. The van der Waals surface area contributed by atoms with Crippen molar-refractivity contribution in [1.29, 1.82) is 0 Å². The van der Waals surface area contributed by atoms with Crippen LogP contribution in [0.25, 0.3) is 0 Å². The molecule has 4 rings (SSSR count). The molecule has 0 radical (unpaired) electrons. The molecule has 3 aromatic rings. The van der Waals surface area contributed by atoms with E-state index in [9.17, 15) is 9.59 Å². The molecule has 8 heteroatoms. The monoisotopic (exact) mass is 561 g/mol. The Kier molecular flexibility index (Phi) is 9.86. The van der Waals surface area contributed by atoms with Gasteiger partial charge >= 0.3 is 11.9 Å². The summed E-state index contributed by atoms with van der Waals surface area (Å²) < 4.78 is 22.5. The first-order chi connectivity index (χ1) is 19.4. The van der Waals surface area contributed by atoms with E-state index in [2.05, 4.69) is 0 Å². The zero-order valence-corrected chi connectivity index (χ0v) is 23.5. The van der Waals surface area contributed by atoms with Gasteiger partial charge in [-0.2, -0.15) is 0 Å². The molecule has 3 aromatic carbocycles. The molecule has 1 heterocycles. The highest BCUT2D eigenvalue weighted by molar-refractivity contribution is 6.30. The largest absolute Gasteiger partial charge is 0.493 e. The van der Waals surface area contributed by atoms with E-state index in [4.69, 9.17) is 30.5 Å². The molecule has 208 valence electrons. The lowest BCUT2D eigenvalue weighted by Gasteiger charge is -2.30. The van der Waals surface area contributed by atoms with E-state index in [1.54, 1.807) is 62.5 Å². The zero-order valence-electron chi connectivity index (χ0n) is 22.8. The molecular weight excluding hydrogens is 530 g/mol. The Morgan fingerprint density at radius 3 is 2.00 bits per heavy atom. The lowest BCUT2D eigenvalue weighted by molar-refractivity contribution is -0.139. The van der Waals surface area contributed by atoms with Crippen molar-refractivity contribution in [3.05, 3.63) is 118 Å². The van der Waals surface area contributed by atoms with Gasteiger partial charge in [0.25, 0.3) is 0 Å². The summed E-state index contributed by atoms with van der Waals surface area (Å²) in [7, 11) is 1.56. The fraction of sp³-hybridized carbons (Fsp3) is 0.250. The van der Waals surface area contributed by atoms with Gasteiger partial charge in [-0.05, 0) is 54.8 Å². The summed E-state index contributed by atoms with van der Waals surface area (Å²) in [5.41, 5.74) is 3.21. The van der Waals surface area contributed by atoms with E-state index < -0.39 is 17.9 Å². The van der Waals surface area contributed by atoms with Crippen molar-refractivity contribution in [2.24, 2.45) is 0 Å². The van der Waals surface area contributed by atoms with Crippen LogP contribution in [0.5, 0.6) is 11.5 Å². The fourth-order valence-electron chi connectivity index (χ4n) is 4.45. The van der Waals surface area contributed by atoms with Crippen molar-refractivity contribution in [2.75, 3.05) is 20.3 Å². The maximum absolute atomic E-state index is 13.3. The van der Waals surface area contributed by atoms with Crippen molar-refractivity contribution in [3.63, 3.8) is 0 Å². The molecule has 0 aliphatic carbocycles. The quantitative estimate of drug-likeness (QED) is 0.250. The van der Waals surface area contributed by atoms with Crippen LogP contribution in [-0.2, 0) is 32.2 Å². The summed E-state index contributed by atoms with van der Waals surface area (Å²) in [4.78, 5) is 28.4. The minimum Gasteiger partial charge on any atom is -0.493 e. The Morgan fingerprint density at radius 2 is 1.43 bits per heavy atom. The Morgan fingerprint density at radius 1 is 0.800 bits per heavy atom. The van der Waals surface area contributed by atoms with Crippen LogP contribution in [0.3, 0.4) is 0 Å². The molecule has 0 saturated carbocycles. The minimum atomic E-state index is -0.746. The number of hydrogen-bond donors (Lipinski definition) is 0. The summed E-state index contributed by atoms with van der Waals surface area (Å²) in [5.74, 6) is -0.774. The molecule has 0 N–H and O–H groups in total. The molecule has 0 spiro atoms. The number of carbonyl (C=O) groups excluding carboxylic acids is 2. The Labute approximate surface area is 239 Å². The predicted molar refractivity (Wildman–Crippen MR) is 153 cm³/mol. The number of methoxy groups -OCH3 is 1. The Hall–Kier alpha value is -4.23. The van der Waals surface area contributed by atoms with Crippen LogP contribution in [-0.4, -0.2) is 37.2 Å². The number of halogens is 1. The van der Waals surface area contributed by atoms with E-state index in [1.807, 2.05) is 48.5 Å². The van der Waals surface area contributed by atoms with Gasteiger partial charge in [0.05, 0.1) is 37.4 Å². The van der Waals surface area contributed by atoms with E-state index in [1.165, 1.54) is 0 Å².